The third kappa shape index (κ3) is 4.54. The van der Waals surface area contributed by atoms with Crippen LogP contribution in [0.3, 0.4) is 0 Å². The van der Waals surface area contributed by atoms with Gasteiger partial charge in [-0.1, -0.05) is 6.92 Å². The summed E-state index contributed by atoms with van der Waals surface area (Å²) in [4.78, 5) is 2.56. The first kappa shape index (κ1) is 14.9. The Morgan fingerprint density at radius 1 is 1.35 bits per heavy atom. The molecule has 17 heavy (non-hydrogen) atoms. The highest BCUT2D eigenvalue weighted by Gasteiger charge is 2.34. The van der Waals surface area contributed by atoms with Gasteiger partial charge in [0.1, 0.15) is 0 Å². The molecule has 0 saturated carbocycles. The van der Waals surface area contributed by atoms with Crippen molar-refractivity contribution in [1.29, 1.82) is 0 Å². The number of hydrogen-bond acceptors (Lipinski definition) is 4. The van der Waals surface area contributed by atoms with E-state index in [1.54, 1.807) is 7.11 Å². The molecule has 1 heterocycles. The fraction of sp³-hybridized carbons (Fsp3) is 1.00. The molecular formula is C13H28N2O2. The molecule has 0 aliphatic carbocycles. The van der Waals surface area contributed by atoms with E-state index in [0.29, 0.717) is 19.3 Å². The van der Waals surface area contributed by atoms with Crippen molar-refractivity contribution in [2.45, 2.75) is 38.8 Å². The van der Waals surface area contributed by atoms with Crippen molar-refractivity contribution < 1.29 is 9.47 Å². The molecule has 0 spiro atoms. The molecule has 0 aromatic rings. The maximum absolute atomic E-state index is 5.56. The molecular weight excluding hydrogens is 216 g/mol. The molecule has 2 unspecified atom stereocenters. The van der Waals surface area contributed by atoms with Gasteiger partial charge in [-0.2, -0.15) is 0 Å². The van der Waals surface area contributed by atoms with Gasteiger partial charge in [0.25, 0.3) is 0 Å². The van der Waals surface area contributed by atoms with E-state index in [0.717, 1.165) is 26.2 Å². The Balaban J connectivity index is 2.31. The quantitative estimate of drug-likeness (QED) is 0.680. The van der Waals surface area contributed by atoms with Crippen molar-refractivity contribution in [3.63, 3.8) is 0 Å². The van der Waals surface area contributed by atoms with Crippen molar-refractivity contribution in [1.82, 2.24) is 10.2 Å². The van der Waals surface area contributed by atoms with E-state index in [1.165, 1.54) is 6.42 Å². The standard InChI is InChI=1S/C13H28N2O2/c1-5-13(3)11-14-12(2)10-15(13)6-7-17-9-8-16-4/h12,14H,5-11H2,1-4H3. The molecule has 0 radical (unpaired) electrons. The number of hydrogen-bond donors (Lipinski definition) is 1. The summed E-state index contributed by atoms with van der Waals surface area (Å²) in [7, 11) is 1.70. The molecule has 1 fully saturated rings. The second-order valence-electron chi connectivity index (χ2n) is 5.18. The van der Waals surface area contributed by atoms with Crippen LogP contribution in [-0.4, -0.2) is 63.0 Å². The predicted octanol–water partition coefficient (Wildman–Crippen LogP) is 1.11. The Hall–Kier alpha value is -0.160. The lowest BCUT2D eigenvalue weighted by Gasteiger charge is -2.47. The number of methoxy groups -OCH3 is 1. The van der Waals surface area contributed by atoms with Crippen LogP contribution in [0.25, 0.3) is 0 Å². The average molecular weight is 244 g/mol. The zero-order valence-electron chi connectivity index (χ0n) is 11.8. The SMILES string of the molecule is CCC1(C)CNC(C)CN1CCOCCOC. The van der Waals surface area contributed by atoms with Crippen LogP contribution in [0, 0.1) is 0 Å². The highest BCUT2D eigenvalue weighted by Crippen LogP contribution is 2.22. The number of rotatable bonds is 7. The zero-order chi connectivity index (χ0) is 12.7. The molecule has 0 aromatic carbocycles. The third-order valence-corrected chi connectivity index (χ3v) is 3.79. The first-order chi connectivity index (χ1) is 8.12. The lowest BCUT2D eigenvalue weighted by molar-refractivity contribution is 0.00880. The molecule has 0 aromatic heterocycles. The summed E-state index contributed by atoms with van der Waals surface area (Å²) in [6, 6.07) is 0.577. The predicted molar refractivity (Wildman–Crippen MR) is 70.4 cm³/mol. The average Bonchev–Trinajstić information content (AvgIpc) is 2.33. The van der Waals surface area contributed by atoms with Crippen molar-refractivity contribution in [2.75, 3.05) is 46.6 Å². The molecule has 0 bridgehead atoms. The Kier molecular flexibility index (Phi) is 6.41. The summed E-state index contributed by atoms with van der Waals surface area (Å²) in [5.74, 6) is 0. The van der Waals surface area contributed by atoms with Crippen molar-refractivity contribution in [3.8, 4) is 0 Å². The molecule has 4 nitrogen and oxygen atoms in total. The van der Waals surface area contributed by atoms with Gasteiger partial charge in [0.2, 0.25) is 0 Å². The normalized spacial score (nSPS) is 30.7. The molecule has 1 aliphatic rings. The number of ether oxygens (including phenoxy) is 2. The van der Waals surface area contributed by atoms with E-state index in [-0.39, 0.29) is 5.54 Å². The maximum atomic E-state index is 5.56. The summed E-state index contributed by atoms with van der Waals surface area (Å²) in [5.41, 5.74) is 0.275. The minimum Gasteiger partial charge on any atom is -0.382 e. The van der Waals surface area contributed by atoms with Gasteiger partial charge in [-0.05, 0) is 20.3 Å². The molecule has 2 atom stereocenters. The smallest absolute Gasteiger partial charge is 0.0700 e. The summed E-state index contributed by atoms with van der Waals surface area (Å²) in [5, 5.41) is 3.56. The topological polar surface area (TPSA) is 33.7 Å². The molecule has 1 rings (SSSR count). The third-order valence-electron chi connectivity index (χ3n) is 3.79. The van der Waals surface area contributed by atoms with Gasteiger partial charge in [-0.15, -0.1) is 0 Å². The molecule has 1 saturated heterocycles. The highest BCUT2D eigenvalue weighted by atomic mass is 16.5. The van der Waals surface area contributed by atoms with Crippen LogP contribution in [0.1, 0.15) is 27.2 Å². The van der Waals surface area contributed by atoms with Crippen molar-refractivity contribution >= 4 is 0 Å². The van der Waals surface area contributed by atoms with Gasteiger partial charge in [-0.3, -0.25) is 4.90 Å². The van der Waals surface area contributed by atoms with Gasteiger partial charge in [-0.25, -0.2) is 0 Å². The summed E-state index contributed by atoms with van der Waals surface area (Å²) < 4.78 is 10.5. The summed E-state index contributed by atoms with van der Waals surface area (Å²) in [6.07, 6.45) is 1.17. The molecule has 1 aliphatic heterocycles. The fourth-order valence-electron chi connectivity index (χ4n) is 2.25. The van der Waals surface area contributed by atoms with Crippen molar-refractivity contribution in [3.05, 3.63) is 0 Å². The fourth-order valence-corrected chi connectivity index (χ4v) is 2.25. The molecule has 1 N–H and O–H groups in total. The zero-order valence-corrected chi connectivity index (χ0v) is 11.8. The maximum Gasteiger partial charge on any atom is 0.0700 e. The van der Waals surface area contributed by atoms with E-state index < -0.39 is 0 Å². The lowest BCUT2D eigenvalue weighted by atomic mass is 9.92. The first-order valence-corrected chi connectivity index (χ1v) is 6.67. The second kappa shape index (κ2) is 7.31. The second-order valence-corrected chi connectivity index (χ2v) is 5.18. The van der Waals surface area contributed by atoms with Crippen LogP contribution in [-0.2, 0) is 9.47 Å². The highest BCUT2D eigenvalue weighted by molar-refractivity contribution is 4.93. The minimum absolute atomic E-state index is 0.275. The molecule has 102 valence electrons. The van der Waals surface area contributed by atoms with Crippen LogP contribution in [0.4, 0.5) is 0 Å². The Morgan fingerprint density at radius 2 is 2.12 bits per heavy atom. The number of nitrogens with one attached hydrogen (secondary N) is 1. The van der Waals surface area contributed by atoms with E-state index in [4.69, 9.17) is 9.47 Å². The monoisotopic (exact) mass is 244 g/mol. The Morgan fingerprint density at radius 3 is 2.76 bits per heavy atom. The van der Waals surface area contributed by atoms with Crippen molar-refractivity contribution in [2.24, 2.45) is 0 Å². The lowest BCUT2D eigenvalue weighted by Crippen LogP contribution is -2.62. The van der Waals surface area contributed by atoms with Gasteiger partial charge in [0.15, 0.2) is 0 Å². The van der Waals surface area contributed by atoms with Crippen LogP contribution in [0.15, 0.2) is 0 Å². The van der Waals surface area contributed by atoms with E-state index in [1.807, 2.05) is 0 Å². The molecule has 4 heteroatoms. The van der Waals surface area contributed by atoms with Crippen LogP contribution in [0.2, 0.25) is 0 Å². The Labute approximate surface area is 106 Å². The van der Waals surface area contributed by atoms with Gasteiger partial charge >= 0.3 is 0 Å². The van der Waals surface area contributed by atoms with E-state index in [9.17, 15) is 0 Å². The van der Waals surface area contributed by atoms with Crippen LogP contribution >= 0.6 is 0 Å². The first-order valence-electron chi connectivity index (χ1n) is 6.67. The van der Waals surface area contributed by atoms with Crippen LogP contribution in [0.5, 0.6) is 0 Å². The minimum atomic E-state index is 0.275. The van der Waals surface area contributed by atoms with Gasteiger partial charge < -0.3 is 14.8 Å². The van der Waals surface area contributed by atoms with Gasteiger partial charge in [0.05, 0.1) is 19.8 Å². The molecule has 0 amide bonds. The van der Waals surface area contributed by atoms with Crippen LogP contribution < -0.4 is 5.32 Å². The number of nitrogens with zero attached hydrogens (tertiary/aromatic N) is 1. The summed E-state index contributed by atoms with van der Waals surface area (Å²) >= 11 is 0. The van der Waals surface area contributed by atoms with E-state index >= 15 is 0 Å². The van der Waals surface area contributed by atoms with E-state index in [2.05, 4.69) is 31.0 Å². The van der Waals surface area contributed by atoms with Gasteiger partial charge in [0, 0.05) is 38.3 Å². The summed E-state index contributed by atoms with van der Waals surface area (Å²) in [6.45, 7) is 12.2. The number of piperazine rings is 1. The largest absolute Gasteiger partial charge is 0.382 e. The Bertz CT molecular complexity index is 214.